The number of likely N-dealkylation sites (N-methyl/N-ethyl adjacent to an activating group) is 1. The van der Waals surface area contributed by atoms with Crippen molar-refractivity contribution in [2.45, 2.75) is 6.42 Å². The van der Waals surface area contributed by atoms with E-state index >= 15 is 0 Å². The van der Waals surface area contributed by atoms with Crippen LogP contribution in [0.5, 0.6) is 0 Å². The SMILES string of the molecule is CN(C)CCN=C(CCNc1ccc([N+](=O)[O-])cn1)NN.Cl. The maximum atomic E-state index is 10.5. The fourth-order valence-corrected chi connectivity index (χ4v) is 1.49. The Morgan fingerprint density at radius 3 is 2.73 bits per heavy atom. The number of amidine groups is 1. The van der Waals surface area contributed by atoms with Crippen molar-refractivity contribution < 1.29 is 4.92 Å². The van der Waals surface area contributed by atoms with Gasteiger partial charge in [0.15, 0.2) is 0 Å². The van der Waals surface area contributed by atoms with Crippen molar-refractivity contribution in [1.29, 1.82) is 0 Å². The number of hydrogen-bond acceptors (Lipinski definition) is 7. The molecule has 0 bridgehead atoms. The molecular formula is C12H22ClN7O2. The molecule has 0 aliphatic rings. The van der Waals surface area contributed by atoms with Crippen molar-refractivity contribution in [1.82, 2.24) is 15.3 Å². The summed E-state index contributed by atoms with van der Waals surface area (Å²) in [6.45, 7) is 2.10. The molecular weight excluding hydrogens is 310 g/mol. The molecule has 9 nitrogen and oxygen atoms in total. The summed E-state index contributed by atoms with van der Waals surface area (Å²) in [6.07, 6.45) is 1.83. The van der Waals surface area contributed by atoms with Gasteiger partial charge < -0.3 is 15.6 Å². The van der Waals surface area contributed by atoms with Crippen molar-refractivity contribution >= 4 is 29.7 Å². The minimum absolute atomic E-state index is 0. The molecule has 0 aromatic carbocycles. The summed E-state index contributed by atoms with van der Waals surface area (Å²) < 4.78 is 0. The molecule has 0 saturated carbocycles. The van der Waals surface area contributed by atoms with Gasteiger partial charge >= 0.3 is 0 Å². The summed E-state index contributed by atoms with van der Waals surface area (Å²) in [5.74, 6) is 6.68. The topological polar surface area (TPSA) is 122 Å². The number of anilines is 1. The second-order valence-corrected chi connectivity index (χ2v) is 4.61. The van der Waals surface area contributed by atoms with Crippen LogP contribution in [0.1, 0.15) is 6.42 Å². The quantitative estimate of drug-likeness (QED) is 0.210. The molecule has 1 aromatic rings. The number of aromatic nitrogens is 1. The Morgan fingerprint density at radius 2 is 2.23 bits per heavy atom. The number of nitrogens with one attached hydrogen (secondary N) is 2. The number of nitro groups is 1. The third-order valence-electron chi connectivity index (χ3n) is 2.64. The summed E-state index contributed by atoms with van der Waals surface area (Å²) in [5.41, 5.74) is 2.54. The predicted octanol–water partition coefficient (Wildman–Crippen LogP) is 0.637. The Hall–Kier alpha value is -1.97. The Bertz CT molecular complexity index is 479. The first-order valence-electron chi connectivity index (χ1n) is 6.52. The second kappa shape index (κ2) is 10.7. The standard InChI is InChI=1S/C12H21N7O2.ClH/c1-18(2)8-7-15-12(17-13)5-6-14-11-4-3-10(9-16-11)19(20)21;/h3-4,9H,5-8,13H2,1-2H3,(H,14,16)(H,15,17);1H. The zero-order chi connectivity index (χ0) is 15.7. The highest BCUT2D eigenvalue weighted by Crippen LogP contribution is 2.11. The highest BCUT2D eigenvalue weighted by Gasteiger charge is 2.05. The minimum atomic E-state index is -0.482. The number of nitrogens with zero attached hydrogens (tertiary/aromatic N) is 4. The minimum Gasteiger partial charge on any atom is -0.370 e. The van der Waals surface area contributed by atoms with Gasteiger partial charge in [-0.15, -0.1) is 12.4 Å². The number of nitrogens with two attached hydrogens (primary N) is 1. The van der Waals surface area contributed by atoms with E-state index in [0.29, 0.717) is 31.2 Å². The van der Waals surface area contributed by atoms with Gasteiger partial charge in [0.25, 0.3) is 5.69 Å². The van der Waals surface area contributed by atoms with E-state index in [2.05, 4.69) is 20.7 Å². The van der Waals surface area contributed by atoms with E-state index in [4.69, 9.17) is 5.84 Å². The second-order valence-electron chi connectivity index (χ2n) is 4.61. The number of pyridine rings is 1. The molecule has 1 rings (SSSR count). The average Bonchev–Trinajstić information content (AvgIpc) is 2.45. The van der Waals surface area contributed by atoms with Crippen LogP contribution >= 0.6 is 12.4 Å². The van der Waals surface area contributed by atoms with Gasteiger partial charge in [-0.05, 0) is 20.2 Å². The normalized spacial score (nSPS) is 11.0. The molecule has 4 N–H and O–H groups in total. The summed E-state index contributed by atoms with van der Waals surface area (Å²) >= 11 is 0. The van der Waals surface area contributed by atoms with Crippen LogP contribution in [0.3, 0.4) is 0 Å². The molecule has 1 aromatic heterocycles. The van der Waals surface area contributed by atoms with Crippen molar-refractivity contribution in [2.75, 3.05) is 39.0 Å². The zero-order valence-corrected chi connectivity index (χ0v) is 13.5. The molecule has 0 radical (unpaired) electrons. The first-order chi connectivity index (χ1) is 10.0. The van der Waals surface area contributed by atoms with E-state index in [1.165, 1.54) is 12.3 Å². The third kappa shape index (κ3) is 7.72. The summed E-state index contributed by atoms with van der Waals surface area (Å²) in [5, 5.41) is 13.6. The molecule has 0 saturated heterocycles. The summed E-state index contributed by atoms with van der Waals surface area (Å²) in [7, 11) is 3.96. The van der Waals surface area contributed by atoms with Crippen LogP contribution in [-0.4, -0.2) is 54.4 Å². The van der Waals surface area contributed by atoms with Gasteiger partial charge in [-0.1, -0.05) is 0 Å². The molecule has 0 aliphatic heterocycles. The van der Waals surface area contributed by atoms with Gasteiger partial charge in [-0.2, -0.15) is 0 Å². The van der Waals surface area contributed by atoms with Crippen LogP contribution in [0.15, 0.2) is 23.3 Å². The van der Waals surface area contributed by atoms with Crippen LogP contribution in [0.2, 0.25) is 0 Å². The smallest absolute Gasteiger partial charge is 0.287 e. The van der Waals surface area contributed by atoms with Crippen molar-refractivity contribution in [3.8, 4) is 0 Å². The van der Waals surface area contributed by atoms with Crippen molar-refractivity contribution in [3.63, 3.8) is 0 Å². The Morgan fingerprint density at radius 1 is 1.50 bits per heavy atom. The molecule has 0 aliphatic carbocycles. The molecule has 10 heteroatoms. The van der Waals surface area contributed by atoms with Gasteiger partial charge in [-0.3, -0.25) is 15.1 Å². The van der Waals surface area contributed by atoms with Gasteiger partial charge in [0.2, 0.25) is 0 Å². The first-order valence-corrected chi connectivity index (χ1v) is 6.52. The fourth-order valence-electron chi connectivity index (χ4n) is 1.49. The van der Waals surface area contributed by atoms with Gasteiger partial charge in [-0.25, -0.2) is 10.8 Å². The molecule has 0 spiro atoms. The van der Waals surface area contributed by atoms with Crippen LogP contribution in [0, 0.1) is 10.1 Å². The fraction of sp³-hybridized carbons (Fsp3) is 0.500. The zero-order valence-electron chi connectivity index (χ0n) is 12.7. The lowest BCUT2D eigenvalue weighted by Gasteiger charge is -2.10. The number of hydrogen-bond donors (Lipinski definition) is 3. The summed E-state index contributed by atoms with van der Waals surface area (Å²) in [6, 6.07) is 2.97. The Kier molecular flexibility index (Phi) is 9.75. The molecule has 0 amide bonds. The highest BCUT2D eigenvalue weighted by molar-refractivity contribution is 5.85. The van der Waals surface area contributed by atoms with Crippen LogP contribution in [-0.2, 0) is 0 Å². The number of halogens is 1. The highest BCUT2D eigenvalue weighted by atomic mass is 35.5. The monoisotopic (exact) mass is 331 g/mol. The molecule has 1 heterocycles. The molecule has 22 heavy (non-hydrogen) atoms. The van der Waals surface area contributed by atoms with Gasteiger partial charge in [0, 0.05) is 25.6 Å². The number of aliphatic imine (C=N–C) groups is 1. The van der Waals surface area contributed by atoms with E-state index < -0.39 is 4.92 Å². The van der Waals surface area contributed by atoms with Crippen molar-refractivity contribution in [3.05, 3.63) is 28.4 Å². The van der Waals surface area contributed by atoms with Crippen LogP contribution in [0.25, 0.3) is 0 Å². The van der Waals surface area contributed by atoms with E-state index in [-0.39, 0.29) is 18.1 Å². The van der Waals surface area contributed by atoms with E-state index in [1.807, 2.05) is 19.0 Å². The molecule has 0 unspecified atom stereocenters. The largest absolute Gasteiger partial charge is 0.370 e. The average molecular weight is 332 g/mol. The third-order valence-corrected chi connectivity index (χ3v) is 2.64. The van der Waals surface area contributed by atoms with Crippen LogP contribution < -0.4 is 16.6 Å². The lowest BCUT2D eigenvalue weighted by molar-refractivity contribution is -0.385. The Balaban J connectivity index is 0.00000441. The van der Waals surface area contributed by atoms with E-state index in [9.17, 15) is 10.1 Å². The van der Waals surface area contributed by atoms with Gasteiger partial charge in [0.05, 0.1) is 11.5 Å². The molecule has 0 atom stereocenters. The number of hydrazine groups is 1. The molecule has 0 fully saturated rings. The number of rotatable bonds is 8. The lowest BCUT2D eigenvalue weighted by Crippen LogP contribution is -2.32. The molecule has 124 valence electrons. The lowest BCUT2D eigenvalue weighted by atomic mass is 10.3. The Labute approximate surface area is 135 Å². The first kappa shape index (κ1) is 20.0. The summed E-state index contributed by atoms with van der Waals surface area (Å²) in [4.78, 5) is 20.4. The van der Waals surface area contributed by atoms with Gasteiger partial charge in [0.1, 0.15) is 17.9 Å². The van der Waals surface area contributed by atoms with Crippen molar-refractivity contribution in [2.24, 2.45) is 10.8 Å². The maximum Gasteiger partial charge on any atom is 0.287 e. The van der Waals surface area contributed by atoms with Crippen LogP contribution in [0.4, 0.5) is 11.5 Å². The maximum absolute atomic E-state index is 10.5. The predicted molar refractivity (Wildman–Crippen MR) is 89.4 cm³/mol. The van der Waals surface area contributed by atoms with E-state index in [0.717, 1.165) is 6.54 Å². The van der Waals surface area contributed by atoms with E-state index in [1.54, 1.807) is 6.07 Å².